The number of carbonyl (C=O) groups excluding carboxylic acids is 2. The lowest BCUT2D eigenvalue weighted by Crippen LogP contribution is -2.38. The van der Waals surface area contributed by atoms with E-state index in [1.807, 2.05) is 57.0 Å². The van der Waals surface area contributed by atoms with Crippen LogP contribution in [0.25, 0.3) is 21.3 Å². The average molecular weight is 615 g/mol. The summed E-state index contributed by atoms with van der Waals surface area (Å²) in [4.78, 5) is 34.5. The Kier molecular flexibility index (Phi) is 7.80. The van der Waals surface area contributed by atoms with Gasteiger partial charge in [-0.15, -0.1) is 36.2 Å². The highest BCUT2D eigenvalue weighted by Crippen LogP contribution is 2.63. The normalized spacial score (nSPS) is 27.4. The molecule has 3 fully saturated rings. The van der Waals surface area contributed by atoms with Gasteiger partial charge in [0.2, 0.25) is 11.8 Å². The molecule has 39 heavy (non-hydrogen) atoms. The van der Waals surface area contributed by atoms with Gasteiger partial charge < -0.3 is 4.74 Å². The molecule has 4 atom stereocenters. The van der Waals surface area contributed by atoms with Gasteiger partial charge in [0.05, 0.1) is 28.6 Å². The zero-order valence-corrected chi connectivity index (χ0v) is 25.5. The zero-order chi connectivity index (χ0) is 26.4. The van der Waals surface area contributed by atoms with Crippen molar-refractivity contribution in [3.05, 3.63) is 45.9 Å². The van der Waals surface area contributed by atoms with Crippen molar-refractivity contribution >= 4 is 69.8 Å². The average Bonchev–Trinajstić information content (AvgIpc) is 3.06. The van der Waals surface area contributed by atoms with E-state index in [-0.39, 0.29) is 60.4 Å². The summed E-state index contributed by atoms with van der Waals surface area (Å²) in [5, 5.41) is 0.559. The number of ether oxygens (including phenoxy) is 1. The van der Waals surface area contributed by atoms with Crippen LogP contribution in [0.5, 0.6) is 5.75 Å². The third-order valence-electron chi connectivity index (χ3n) is 8.19. The molecule has 4 heterocycles. The van der Waals surface area contributed by atoms with Gasteiger partial charge in [0, 0.05) is 40.3 Å². The highest BCUT2D eigenvalue weighted by atomic mass is 35.5. The molecular weight excluding hydrogens is 584 g/mol. The summed E-state index contributed by atoms with van der Waals surface area (Å²) in [6, 6.07) is 7.50. The molecule has 11 heteroatoms. The summed E-state index contributed by atoms with van der Waals surface area (Å²) in [6.45, 7) is 8.48. The van der Waals surface area contributed by atoms with Gasteiger partial charge >= 0.3 is 0 Å². The predicted octanol–water partition coefficient (Wildman–Crippen LogP) is 6.33. The monoisotopic (exact) mass is 613 g/mol. The number of nitrogens with zero attached hydrogens (tertiary/aromatic N) is 3. The first kappa shape index (κ1) is 30.0. The van der Waals surface area contributed by atoms with E-state index in [9.17, 15) is 9.59 Å². The Bertz CT molecular complexity index is 1450. The van der Waals surface area contributed by atoms with Crippen LogP contribution in [0.3, 0.4) is 0 Å². The van der Waals surface area contributed by atoms with E-state index in [2.05, 4.69) is 4.98 Å². The summed E-state index contributed by atoms with van der Waals surface area (Å²) in [7, 11) is 1.89. The van der Waals surface area contributed by atoms with Gasteiger partial charge in [0.1, 0.15) is 11.9 Å². The molecule has 3 aromatic rings. The smallest absolute Gasteiger partial charge is 0.234 e. The molecule has 2 saturated heterocycles. The zero-order valence-electron chi connectivity index (χ0n) is 22.3. The van der Waals surface area contributed by atoms with Crippen molar-refractivity contribution in [1.82, 2.24) is 14.8 Å². The topological polar surface area (TPSA) is 62.7 Å². The number of hydrogen-bond acceptors (Lipinski definition) is 6. The number of aromatic nitrogens is 1. The van der Waals surface area contributed by atoms with Crippen LogP contribution in [-0.4, -0.2) is 58.5 Å². The number of fused-ring (bicyclic) bond motifs is 2. The number of thiophene rings is 1. The summed E-state index contributed by atoms with van der Waals surface area (Å²) in [6.07, 6.45) is 1.11. The third kappa shape index (κ3) is 4.82. The van der Waals surface area contributed by atoms with Gasteiger partial charge in [-0.3, -0.25) is 24.4 Å². The first-order valence-corrected chi connectivity index (χ1v) is 13.6. The molecule has 0 radical (unpaired) electrons. The number of likely N-dealkylation sites (N-methyl/N-ethyl adjacent to an activating group) is 1. The molecule has 1 saturated carbocycles. The van der Waals surface area contributed by atoms with Crippen LogP contribution in [0.1, 0.15) is 31.2 Å². The fourth-order valence-electron chi connectivity index (χ4n) is 6.15. The van der Waals surface area contributed by atoms with E-state index >= 15 is 4.39 Å². The lowest BCUT2D eigenvalue weighted by Gasteiger charge is -2.25. The van der Waals surface area contributed by atoms with E-state index in [1.165, 1.54) is 16.2 Å². The lowest BCUT2D eigenvalue weighted by atomic mass is 10.0. The summed E-state index contributed by atoms with van der Waals surface area (Å²) < 4.78 is 22.6. The molecule has 1 aromatic carbocycles. The second kappa shape index (κ2) is 10.1. The van der Waals surface area contributed by atoms with Crippen molar-refractivity contribution in [2.24, 2.45) is 17.3 Å². The second-order valence-electron chi connectivity index (χ2n) is 11.5. The predicted molar refractivity (Wildman–Crippen MR) is 157 cm³/mol. The number of aryl methyl sites for hydroxylation is 1. The van der Waals surface area contributed by atoms with Gasteiger partial charge in [0.15, 0.2) is 5.67 Å². The molecule has 2 aliphatic heterocycles. The summed E-state index contributed by atoms with van der Waals surface area (Å²) >= 11 is 7.98. The van der Waals surface area contributed by atoms with Crippen LogP contribution in [0, 0.1) is 24.2 Å². The fourth-order valence-corrected chi connectivity index (χ4v) is 7.55. The van der Waals surface area contributed by atoms with Crippen LogP contribution in [0.15, 0.2) is 30.5 Å². The number of likely N-dealkylation sites (tertiary alicyclic amines) is 2. The van der Waals surface area contributed by atoms with Crippen molar-refractivity contribution in [3.63, 3.8) is 0 Å². The molecule has 6 nitrogen and oxygen atoms in total. The van der Waals surface area contributed by atoms with Crippen LogP contribution in [0.2, 0.25) is 5.02 Å². The maximum atomic E-state index is 15.3. The molecule has 3 aliphatic rings. The molecule has 0 N–H and O–H groups in total. The maximum Gasteiger partial charge on any atom is 0.234 e. The fraction of sp³-hybridized carbons (Fsp3) is 0.464. The molecule has 2 aromatic heterocycles. The SMILES string of the molecule is Cc1cc(Cl)cc(-c2ccnc3cc(CN4C(=O)C5C(C4=O)C5(C)C)sc23)c1OC1CN(C)CC1(C)F.Cl.Cl. The van der Waals surface area contributed by atoms with Crippen molar-refractivity contribution in [1.29, 1.82) is 0 Å². The van der Waals surface area contributed by atoms with Crippen LogP contribution in [0.4, 0.5) is 4.39 Å². The number of benzene rings is 1. The minimum atomic E-state index is -1.48. The number of hydrogen-bond donors (Lipinski definition) is 0. The van der Waals surface area contributed by atoms with Crippen molar-refractivity contribution in [3.8, 4) is 16.9 Å². The Morgan fingerprint density at radius 3 is 2.41 bits per heavy atom. The first-order valence-electron chi connectivity index (χ1n) is 12.5. The van der Waals surface area contributed by atoms with Crippen LogP contribution < -0.4 is 4.74 Å². The first-order chi connectivity index (χ1) is 17.4. The van der Waals surface area contributed by atoms with E-state index in [4.69, 9.17) is 16.3 Å². The molecule has 210 valence electrons. The number of piperidine rings is 1. The Morgan fingerprint density at radius 1 is 1.13 bits per heavy atom. The molecule has 2 amide bonds. The molecule has 0 spiro atoms. The molecule has 4 unspecified atom stereocenters. The van der Waals surface area contributed by atoms with E-state index in [1.54, 1.807) is 13.1 Å². The van der Waals surface area contributed by atoms with Crippen LogP contribution in [-0.2, 0) is 16.1 Å². The third-order valence-corrected chi connectivity index (χ3v) is 9.55. The van der Waals surface area contributed by atoms with Crippen molar-refractivity contribution in [2.45, 2.75) is 46.0 Å². The number of amides is 2. The van der Waals surface area contributed by atoms with Gasteiger partial charge in [-0.2, -0.15) is 0 Å². The van der Waals surface area contributed by atoms with Gasteiger partial charge in [-0.25, -0.2) is 4.39 Å². The summed E-state index contributed by atoms with van der Waals surface area (Å²) in [5.74, 6) is 0.0366. The van der Waals surface area contributed by atoms with Gasteiger partial charge in [-0.05, 0) is 56.1 Å². The van der Waals surface area contributed by atoms with Crippen LogP contribution >= 0.6 is 47.8 Å². The molecular formula is C28H31Cl3FN3O3S. The minimum absolute atomic E-state index is 0. The standard InChI is InChI=1S/C28H29ClFN3O3S.2ClH/c1-14-8-15(29)9-18(23(14)36-20-12-32(5)13-28(20,4)30)17-6-7-31-19-10-16(37-24(17)19)11-33-25(34)21-22(26(33)35)27(21,2)3;;/h6-10,20-22H,11-13H2,1-5H3;2*1H. The van der Waals surface area contributed by atoms with Crippen molar-refractivity contribution in [2.75, 3.05) is 20.1 Å². The van der Waals surface area contributed by atoms with E-state index < -0.39 is 11.8 Å². The second-order valence-corrected chi connectivity index (χ2v) is 13.1. The lowest BCUT2D eigenvalue weighted by molar-refractivity contribution is -0.143. The van der Waals surface area contributed by atoms with Gasteiger partial charge in [-0.1, -0.05) is 25.4 Å². The Hall–Kier alpha value is -1.97. The number of rotatable bonds is 5. The highest BCUT2D eigenvalue weighted by molar-refractivity contribution is 7.19. The minimum Gasteiger partial charge on any atom is -0.485 e. The molecule has 1 aliphatic carbocycles. The number of halogens is 4. The van der Waals surface area contributed by atoms with E-state index in [0.29, 0.717) is 23.9 Å². The number of carbonyl (C=O) groups is 2. The maximum absolute atomic E-state index is 15.3. The van der Waals surface area contributed by atoms with Crippen molar-refractivity contribution < 1.29 is 18.7 Å². The van der Waals surface area contributed by atoms with Gasteiger partial charge in [0.25, 0.3) is 0 Å². The summed E-state index contributed by atoms with van der Waals surface area (Å²) in [5.41, 5.74) is 1.52. The number of imide groups is 1. The largest absolute Gasteiger partial charge is 0.485 e. The Balaban J connectivity index is 0.00000176. The Labute approximate surface area is 248 Å². The van der Waals surface area contributed by atoms with E-state index in [0.717, 1.165) is 31.8 Å². The molecule has 6 rings (SSSR count). The Morgan fingerprint density at radius 2 is 1.79 bits per heavy atom. The molecule has 0 bridgehead atoms. The highest BCUT2D eigenvalue weighted by Gasteiger charge is 2.72. The number of pyridine rings is 1. The number of alkyl halides is 1. The quantitative estimate of drug-likeness (QED) is 0.314.